The van der Waals surface area contributed by atoms with Gasteiger partial charge in [-0.3, -0.25) is 14.4 Å². The second-order valence-electron chi connectivity index (χ2n) is 7.17. The molecule has 2 aliphatic heterocycles. The van der Waals surface area contributed by atoms with Gasteiger partial charge in [-0.1, -0.05) is 47.5 Å². The van der Waals surface area contributed by atoms with Crippen molar-refractivity contribution < 1.29 is 14.4 Å². The van der Waals surface area contributed by atoms with Gasteiger partial charge >= 0.3 is 0 Å². The first-order valence-electron chi connectivity index (χ1n) is 9.33. The predicted molar refractivity (Wildman–Crippen MR) is 110 cm³/mol. The van der Waals surface area contributed by atoms with E-state index in [0.29, 0.717) is 35.1 Å². The van der Waals surface area contributed by atoms with Crippen LogP contribution in [0.2, 0.25) is 10.0 Å². The molecule has 0 spiro atoms. The zero-order chi connectivity index (χ0) is 20.5. The Morgan fingerprint density at radius 1 is 1.03 bits per heavy atom. The number of piperazine rings is 2. The molecule has 2 fully saturated rings. The molecule has 0 aliphatic carbocycles. The standard InChI is InChI=1S/C21H19Cl2N3O3/c22-14-7-5-13(6-8-14)11-17-21(29)26-10-9-25(12-18(26)19(27)24-17)20(28)15-3-1-2-4-16(15)23/h1-8,17-18H,9-12H2,(H,24,27)/t17-,18+/m0/s1. The average Bonchev–Trinajstić information content (AvgIpc) is 2.73. The maximum absolute atomic E-state index is 12.9. The SMILES string of the molecule is O=C1N[C@@H](Cc2ccc(Cl)cc2)C(=O)N2CCN(C(=O)c3ccccc3Cl)C[C@H]12. The number of carbonyl (C=O) groups is 3. The van der Waals surface area contributed by atoms with E-state index >= 15 is 0 Å². The molecule has 6 nitrogen and oxygen atoms in total. The van der Waals surface area contributed by atoms with Crippen LogP contribution < -0.4 is 5.32 Å². The summed E-state index contributed by atoms with van der Waals surface area (Å²) < 4.78 is 0. The molecule has 29 heavy (non-hydrogen) atoms. The third kappa shape index (κ3) is 3.95. The number of nitrogens with zero attached hydrogens (tertiary/aromatic N) is 2. The van der Waals surface area contributed by atoms with Gasteiger partial charge in [0.25, 0.3) is 5.91 Å². The number of halogens is 2. The third-order valence-electron chi connectivity index (χ3n) is 5.33. The Bertz CT molecular complexity index is 964. The molecule has 8 heteroatoms. The van der Waals surface area contributed by atoms with Crippen molar-refractivity contribution in [3.8, 4) is 0 Å². The van der Waals surface area contributed by atoms with Crippen LogP contribution in [-0.2, 0) is 16.0 Å². The molecule has 2 atom stereocenters. The molecule has 3 amide bonds. The van der Waals surface area contributed by atoms with Gasteiger partial charge in [-0.15, -0.1) is 0 Å². The van der Waals surface area contributed by atoms with E-state index < -0.39 is 12.1 Å². The topological polar surface area (TPSA) is 69.7 Å². The van der Waals surface area contributed by atoms with Crippen molar-refractivity contribution in [3.63, 3.8) is 0 Å². The summed E-state index contributed by atoms with van der Waals surface area (Å²) in [5, 5.41) is 3.80. The monoisotopic (exact) mass is 431 g/mol. The lowest BCUT2D eigenvalue weighted by Crippen LogP contribution is -2.70. The molecule has 0 saturated carbocycles. The second kappa shape index (κ2) is 8.05. The predicted octanol–water partition coefficient (Wildman–Crippen LogP) is 2.39. The Morgan fingerprint density at radius 3 is 2.48 bits per heavy atom. The highest BCUT2D eigenvalue weighted by Gasteiger charge is 2.44. The molecule has 4 rings (SSSR count). The van der Waals surface area contributed by atoms with Gasteiger partial charge < -0.3 is 15.1 Å². The Morgan fingerprint density at radius 2 is 1.76 bits per heavy atom. The molecule has 1 N–H and O–H groups in total. The van der Waals surface area contributed by atoms with Crippen molar-refractivity contribution in [2.75, 3.05) is 19.6 Å². The van der Waals surface area contributed by atoms with Gasteiger partial charge in [0.2, 0.25) is 11.8 Å². The summed E-state index contributed by atoms with van der Waals surface area (Å²) in [4.78, 5) is 41.6. The van der Waals surface area contributed by atoms with Crippen molar-refractivity contribution in [1.29, 1.82) is 0 Å². The van der Waals surface area contributed by atoms with E-state index in [1.807, 2.05) is 12.1 Å². The maximum Gasteiger partial charge on any atom is 0.255 e. The van der Waals surface area contributed by atoms with Crippen LogP contribution in [0.4, 0.5) is 0 Å². The zero-order valence-electron chi connectivity index (χ0n) is 15.5. The van der Waals surface area contributed by atoms with Gasteiger partial charge in [-0.25, -0.2) is 0 Å². The van der Waals surface area contributed by atoms with Crippen molar-refractivity contribution in [3.05, 3.63) is 69.7 Å². The molecule has 0 bridgehead atoms. The van der Waals surface area contributed by atoms with Crippen LogP contribution in [0.3, 0.4) is 0 Å². The molecule has 2 aromatic rings. The van der Waals surface area contributed by atoms with Crippen molar-refractivity contribution in [2.24, 2.45) is 0 Å². The number of carbonyl (C=O) groups excluding carboxylic acids is 3. The fourth-order valence-electron chi connectivity index (χ4n) is 3.78. The quantitative estimate of drug-likeness (QED) is 0.810. The van der Waals surface area contributed by atoms with E-state index in [0.717, 1.165) is 5.56 Å². The van der Waals surface area contributed by atoms with Crippen LogP contribution in [0.25, 0.3) is 0 Å². The highest BCUT2D eigenvalue weighted by atomic mass is 35.5. The van der Waals surface area contributed by atoms with Gasteiger partial charge in [0.05, 0.1) is 17.1 Å². The first-order valence-corrected chi connectivity index (χ1v) is 10.1. The zero-order valence-corrected chi connectivity index (χ0v) is 17.0. The number of nitrogens with one attached hydrogen (secondary N) is 1. The average molecular weight is 432 g/mol. The summed E-state index contributed by atoms with van der Waals surface area (Å²) in [7, 11) is 0. The van der Waals surface area contributed by atoms with Crippen LogP contribution in [0, 0.1) is 0 Å². The van der Waals surface area contributed by atoms with Gasteiger partial charge in [0, 0.05) is 24.5 Å². The molecule has 0 unspecified atom stereocenters. The van der Waals surface area contributed by atoms with Crippen LogP contribution in [0.5, 0.6) is 0 Å². The van der Waals surface area contributed by atoms with Gasteiger partial charge in [0.1, 0.15) is 12.1 Å². The Balaban J connectivity index is 1.46. The summed E-state index contributed by atoms with van der Waals surface area (Å²) in [5.74, 6) is -0.617. The molecule has 2 saturated heterocycles. The molecule has 150 valence electrons. The van der Waals surface area contributed by atoms with Crippen LogP contribution >= 0.6 is 23.2 Å². The largest absolute Gasteiger partial charge is 0.342 e. The van der Waals surface area contributed by atoms with Crippen LogP contribution in [0.1, 0.15) is 15.9 Å². The minimum absolute atomic E-state index is 0.130. The smallest absolute Gasteiger partial charge is 0.255 e. The molecule has 0 radical (unpaired) electrons. The van der Waals surface area contributed by atoms with Crippen molar-refractivity contribution in [1.82, 2.24) is 15.1 Å². The lowest BCUT2D eigenvalue weighted by atomic mass is 9.98. The van der Waals surface area contributed by atoms with Crippen LogP contribution in [0.15, 0.2) is 48.5 Å². The van der Waals surface area contributed by atoms with E-state index in [4.69, 9.17) is 23.2 Å². The number of benzene rings is 2. The molecule has 2 heterocycles. The number of amides is 3. The van der Waals surface area contributed by atoms with E-state index in [1.165, 1.54) is 0 Å². The minimum Gasteiger partial charge on any atom is -0.342 e. The molecular formula is C21H19Cl2N3O3. The maximum atomic E-state index is 12.9. The third-order valence-corrected chi connectivity index (χ3v) is 5.91. The summed E-state index contributed by atoms with van der Waals surface area (Å²) in [6.07, 6.45) is 0.396. The summed E-state index contributed by atoms with van der Waals surface area (Å²) in [6.45, 7) is 0.812. The number of rotatable bonds is 3. The molecule has 0 aromatic heterocycles. The lowest BCUT2D eigenvalue weighted by Gasteiger charge is -2.45. The van der Waals surface area contributed by atoms with E-state index in [2.05, 4.69) is 5.32 Å². The summed E-state index contributed by atoms with van der Waals surface area (Å²) in [6, 6.07) is 12.7. The van der Waals surface area contributed by atoms with Crippen molar-refractivity contribution >= 4 is 40.9 Å². The first kappa shape index (κ1) is 19.7. The van der Waals surface area contributed by atoms with Gasteiger partial charge in [0.15, 0.2) is 0 Å². The molecule has 2 aromatic carbocycles. The van der Waals surface area contributed by atoms with E-state index in [-0.39, 0.29) is 24.3 Å². The fraction of sp³-hybridized carbons (Fsp3) is 0.286. The Kier molecular flexibility index (Phi) is 5.48. The molecule has 2 aliphatic rings. The second-order valence-corrected chi connectivity index (χ2v) is 8.01. The number of hydrogen-bond donors (Lipinski definition) is 1. The number of hydrogen-bond acceptors (Lipinski definition) is 3. The summed E-state index contributed by atoms with van der Waals surface area (Å²) in [5.41, 5.74) is 1.31. The normalized spacial score (nSPS) is 21.6. The van der Waals surface area contributed by atoms with Crippen molar-refractivity contribution in [2.45, 2.75) is 18.5 Å². The van der Waals surface area contributed by atoms with Crippen LogP contribution in [-0.4, -0.2) is 59.2 Å². The van der Waals surface area contributed by atoms with E-state index in [1.54, 1.807) is 46.2 Å². The first-order chi connectivity index (χ1) is 13.9. The highest BCUT2D eigenvalue weighted by molar-refractivity contribution is 6.33. The highest BCUT2D eigenvalue weighted by Crippen LogP contribution is 2.22. The van der Waals surface area contributed by atoms with Gasteiger partial charge in [-0.05, 0) is 29.8 Å². The molecular weight excluding hydrogens is 413 g/mol. The fourth-order valence-corrected chi connectivity index (χ4v) is 4.13. The minimum atomic E-state index is -0.691. The Labute approximate surface area is 178 Å². The summed E-state index contributed by atoms with van der Waals surface area (Å²) >= 11 is 12.0. The Hall–Kier alpha value is -2.57. The lowest BCUT2D eigenvalue weighted by molar-refractivity contribution is -0.152. The van der Waals surface area contributed by atoms with Gasteiger partial charge in [-0.2, -0.15) is 0 Å². The van der Waals surface area contributed by atoms with E-state index in [9.17, 15) is 14.4 Å². The number of fused-ring (bicyclic) bond motifs is 1.